The van der Waals surface area contributed by atoms with Crippen molar-refractivity contribution in [3.63, 3.8) is 0 Å². The highest BCUT2D eigenvalue weighted by molar-refractivity contribution is 5.67. The van der Waals surface area contributed by atoms with Crippen molar-refractivity contribution in [2.75, 3.05) is 6.61 Å². The van der Waals surface area contributed by atoms with Gasteiger partial charge in [-0.25, -0.2) is 0 Å². The lowest BCUT2D eigenvalue weighted by Crippen LogP contribution is -2.16. The smallest absolute Gasteiger partial charge is 0.416 e. The van der Waals surface area contributed by atoms with E-state index in [4.69, 9.17) is 14.6 Å². The Balaban J connectivity index is 2.18. The van der Waals surface area contributed by atoms with Crippen LogP contribution in [0, 0.1) is 0 Å². The first kappa shape index (κ1) is 13.8. The molecule has 0 saturated carbocycles. The molecule has 4 nitrogen and oxygen atoms in total. The molecule has 2 unspecified atom stereocenters. The average molecular weight is 276 g/mol. The summed E-state index contributed by atoms with van der Waals surface area (Å²) in [5.41, 5.74) is -0.973. The molecule has 2 rings (SSSR count). The second-order valence-corrected chi connectivity index (χ2v) is 4.11. The second kappa shape index (κ2) is 5.18. The fourth-order valence-corrected chi connectivity index (χ4v) is 1.87. The Hall–Kier alpha value is -1.60. The number of rotatable bonds is 3. The summed E-state index contributed by atoms with van der Waals surface area (Å²) < 4.78 is 48.7. The van der Waals surface area contributed by atoms with Gasteiger partial charge in [0.05, 0.1) is 24.7 Å². The minimum Gasteiger partial charge on any atom is -0.481 e. The van der Waals surface area contributed by atoms with Gasteiger partial charge in [0.25, 0.3) is 0 Å². The predicted molar refractivity (Wildman–Crippen MR) is 57.3 cm³/mol. The van der Waals surface area contributed by atoms with Crippen LogP contribution in [0.5, 0.6) is 0 Å². The van der Waals surface area contributed by atoms with Crippen molar-refractivity contribution in [1.82, 2.24) is 0 Å². The first-order valence-electron chi connectivity index (χ1n) is 5.53. The zero-order valence-corrected chi connectivity index (χ0v) is 9.68. The molecule has 1 saturated heterocycles. The second-order valence-electron chi connectivity index (χ2n) is 4.11. The molecular formula is C12H11F3O4. The van der Waals surface area contributed by atoms with Gasteiger partial charge in [-0.1, -0.05) is 18.2 Å². The van der Waals surface area contributed by atoms with Crippen molar-refractivity contribution < 1.29 is 32.5 Å². The summed E-state index contributed by atoms with van der Waals surface area (Å²) in [5, 5.41) is 8.60. The summed E-state index contributed by atoms with van der Waals surface area (Å²) in [6.07, 6.45) is -6.72. The van der Waals surface area contributed by atoms with E-state index < -0.39 is 30.1 Å². The monoisotopic (exact) mass is 276 g/mol. The van der Waals surface area contributed by atoms with Gasteiger partial charge in [0, 0.05) is 5.56 Å². The van der Waals surface area contributed by atoms with Crippen LogP contribution < -0.4 is 0 Å². The van der Waals surface area contributed by atoms with Gasteiger partial charge in [-0.3, -0.25) is 4.79 Å². The Morgan fingerprint density at radius 3 is 2.68 bits per heavy atom. The lowest BCUT2D eigenvalue weighted by Gasteiger charge is -2.17. The number of carboxylic acid groups (broad SMARTS) is 1. The molecule has 0 bridgehead atoms. The van der Waals surface area contributed by atoms with Crippen LogP contribution in [-0.2, 0) is 20.4 Å². The Kier molecular flexibility index (Phi) is 3.77. The van der Waals surface area contributed by atoms with Crippen LogP contribution in [-0.4, -0.2) is 23.8 Å². The van der Waals surface area contributed by atoms with Crippen molar-refractivity contribution in [2.24, 2.45) is 0 Å². The van der Waals surface area contributed by atoms with Gasteiger partial charge in [-0.15, -0.1) is 0 Å². The zero-order chi connectivity index (χ0) is 14.0. The number of ether oxygens (including phenoxy) is 2. The van der Waals surface area contributed by atoms with Gasteiger partial charge < -0.3 is 14.6 Å². The van der Waals surface area contributed by atoms with Crippen LogP contribution in [0.2, 0.25) is 0 Å². The van der Waals surface area contributed by atoms with Crippen molar-refractivity contribution in [3.8, 4) is 0 Å². The van der Waals surface area contributed by atoms with Crippen molar-refractivity contribution >= 4 is 5.97 Å². The van der Waals surface area contributed by atoms with Crippen LogP contribution in [0.1, 0.15) is 23.8 Å². The van der Waals surface area contributed by atoms with E-state index in [2.05, 4.69) is 0 Å². The highest BCUT2D eigenvalue weighted by atomic mass is 19.4. The van der Waals surface area contributed by atoms with E-state index in [1.165, 1.54) is 18.2 Å². The normalized spacial score (nSPS) is 23.5. The van der Waals surface area contributed by atoms with Gasteiger partial charge in [-0.05, 0) is 6.07 Å². The fraction of sp³-hybridized carbons (Fsp3) is 0.417. The third-order valence-electron chi connectivity index (χ3n) is 2.67. The van der Waals surface area contributed by atoms with Crippen molar-refractivity contribution in [2.45, 2.75) is 25.0 Å². The van der Waals surface area contributed by atoms with Crippen LogP contribution >= 0.6 is 0 Å². The third kappa shape index (κ3) is 3.24. The van der Waals surface area contributed by atoms with Crippen molar-refractivity contribution in [3.05, 3.63) is 35.4 Å². The molecule has 1 fully saturated rings. The summed E-state index contributed by atoms with van der Waals surface area (Å²) in [4.78, 5) is 10.5. The maximum absolute atomic E-state index is 12.8. The number of halogens is 3. The van der Waals surface area contributed by atoms with Gasteiger partial charge >= 0.3 is 12.1 Å². The third-order valence-corrected chi connectivity index (χ3v) is 2.67. The zero-order valence-electron chi connectivity index (χ0n) is 9.68. The quantitative estimate of drug-likeness (QED) is 0.922. The molecule has 0 aliphatic carbocycles. The lowest BCUT2D eigenvalue weighted by atomic mass is 10.1. The minimum atomic E-state index is -4.51. The average Bonchev–Trinajstić information content (AvgIpc) is 2.75. The van der Waals surface area contributed by atoms with Gasteiger partial charge in [-0.2, -0.15) is 13.2 Å². The molecule has 1 aromatic rings. The molecule has 7 heteroatoms. The molecule has 1 aliphatic heterocycles. The van der Waals surface area contributed by atoms with Crippen LogP contribution in [0.4, 0.5) is 13.2 Å². The van der Waals surface area contributed by atoms with E-state index in [9.17, 15) is 18.0 Å². The van der Waals surface area contributed by atoms with Gasteiger partial charge in [0.1, 0.15) is 0 Å². The standard InChI is InChI=1S/C12H11F3O4/c13-12(14,15)9-4-2-1-3-8(9)11-18-6-7(19-11)5-10(16)17/h1-4,7,11H,5-6H2,(H,16,17). The largest absolute Gasteiger partial charge is 0.481 e. The summed E-state index contributed by atoms with van der Waals surface area (Å²) in [5.74, 6) is -1.08. The molecule has 1 aliphatic rings. The molecule has 1 N–H and O–H groups in total. The van der Waals surface area contributed by atoms with E-state index in [-0.39, 0.29) is 18.6 Å². The number of hydrogen-bond donors (Lipinski definition) is 1. The van der Waals surface area contributed by atoms with E-state index in [1.54, 1.807) is 0 Å². The molecule has 0 amide bonds. The molecule has 0 spiro atoms. The predicted octanol–water partition coefficient (Wildman–Crippen LogP) is 2.59. The van der Waals surface area contributed by atoms with Crippen LogP contribution in [0.15, 0.2) is 24.3 Å². The molecule has 0 radical (unpaired) electrons. The number of aliphatic carboxylic acids is 1. The Morgan fingerprint density at radius 1 is 1.37 bits per heavy atom. The summed E-state index contributed by atoms with van der Waals surface area (Å²) in [6, 6.07) is 4.92. The molecule has 104 valence electrons. The molecule has 1 aromatic carbocycles. The SMILES string of the molecule is O=C(O)CC1COC(c2ccccc2C(F)(F)F)O1. The number of hydrogen-bond acceptors (Lipinski definition) is 3. The highest BCUT2D eigenvalue weighted by Crippen LogP contribution is 2.38. The number of carbonyl (C=O) groups is 1. The Morgan fingerprint density at radius 2 is 2.05 bits per heavy atom. The van der Waals surface area contributed by atoms with E-state index >= 15 is 0 Å². The molecular weight excluding hydrogens is 265 g/mol. The van der Waals surface area contributed by atoms with E-state index in [0.717, 1.165) is 6.07 Å². The fourth-order valence-electron chi connectivity index (χ4n) is 1.87. The molecule has 19 heavy (non-hydrogen) atoms. The summed E-state index contributed by atoms with van der Waals surface area (Å²) in [7, 11) is 0. The maximum atomic E-state index is 12.8. The first-order chi connectivity index (χ1) is 8.88. The molecule has 0 aromatic heterocycles. The van der Waals surface area contributed by atoms with E-state index in [1.807, 2.05) is 0 Å². The lowest BCUT2D eigenvalue weighted by molar-refractivity contribution is -0.145. The number of benzene rings is 1. The number of alkyl halides is 3. The van der Waals surface area contributed by atoms with Crippen LogP contribution in [0.3, 0.4) is 0 Å². The highest BCUT2D eigenvalue weighted by Gasteiger charge is 2.38. The summed E-state index contributed by atoms with van der Waals surface area (Å²) in [6.45, 7) is -0.0385. The Labute approximate surface area is 106 Å². The Bertz CT molecular complexity index is 472. The first-order valence-corrected chi connectivity index (χ1v) is 5.53. The topological polar surface area (TPSA) is 55.8 Å². The van der Waals surface area contributed by atoms with Gasteiger partial charge in [0.2, 0.25) is 0 Å². The number of carboxylic acids is 1. The minimum absolute atomic E-state index is 0.0385. The van der Waals surface area contributed by atoms with Crippen molar-refractivity contribution in [1.29, 1.82) is 0 Å². The molecule has 1 heterocycles. The van der Waals surface area contributed by atoms with Crippen LogP contribution in [0.25, 0.3) is 0 Å². The molecule has 2 atom stereocenters. The van der Waals surface area contributed by atoms with Gasteiger partial charge in [0.15, 0.2) is 6.29 Å². The maximum Gasteiger partial charge on any atom is 0.416 e. The summed E-state index contributed by atoms with van der Waals surface area (Å²) >= 11 is 0. The van der Waals surface area contributed by atoms with E-state index in [0.29, 0.717) is 0 Å².